The molecule has 90 valence electrons. The molecule has 2 rings (SSSR count). The van der Waals surface area contributed by atoms with Gasteiger partial charge in [0.2, 0.25) is 5.95 Å². The van der Waals surface area contributed by atoms with Crippen molar-refractivity contribution in [2.75, 3.05) is 12.8 Å². The van der Waals surface area contributed by atoms with Gasteiger partial charge < -0.3 is 15.6 Å². The summed E-state index contributed by atoms with van der Waals surface area (Å²) in [5.41, 5.74) is 5.76. The highest BCUT2D eigenvalue weighted by Gasteiger charge is 2.26. The van der Waals surface area contributed by atoms with E-state index in [1.807, 2.05) is 0 Å². The van der Waals surface area contributed by atoms with Gasteiger partial charge in [0.05, 0.1) is 19.3 Å². The van der Waals surface area contributed by atoms with Crippen LogP contribution in [-0.4, -0.2) is 33.1 Å². The van der Waals surface area contributed by atoms with E-state index in [0.29, 0.717) is 5.95 Å². The highest BCUT2D eigenvalue weighted by Crippen LogP contribution is 2.29. The number of rotatable bonds is 2. The third kappa shape index (κ3) is 2.11. The quantitative estimate of drug-likeness (QED) is 0.726. The van der Waals surface area contributed by atoms with Gasteiger partial charge in [-0.2, -0.15) is 4.98 Å². The maximum Gasteiger partial charge on any atom is 0.337 e. The highest BCUT2D eigenvalue weighted by molar-refractivity contribution is 5.19. The van der Waals surface area contributed by atoms with Gasteiger partial charge in [0.15, 0.2) is 0 Å². The normalized spacial score (nSPS) is 26.4. The fourth-order valence-electron chi connectivity index (χ4n) is 2.20. The molecule has 1 fully saturated rings. The number of nitrogens with zero attached hydrogens (tertiary/aromatic N) is 3. The Hall–Kier alpha value is -1.30. The van der Waals surface area contributed by atoms with Crippen LogP contribution in [0.4, 0.5) is 5.95 Å². The molecule has 0 aromatic carbocycles. The van der Waals surface area contributed by atoms with Crippen molar-refractivity contribution in [3.8, 4) is 6.01 Å². The molecule has 16 heavy (non-hydrogen) atoms. The fourth-order valence-corrected chi connectivity index (χ4v) is 2.20. The number of hydrogen-bond donors (Lipinski definition) is 2. The van der Waals surface area contributed by atoms with E-state index in [1.165, 1.54) is 7.11 Å². The number of anilines is 1. The SMILES string of the molecule is COc1nc(N)n(C2CCCCCC2O)n1. The molecule has 2 unspecified atom stereocenters. The Bertz CT molecular complexity index is 353. The molecule has 6 heteroatoms. The summed E-state index contributed by atoms with van der Waals surface area (Å²) in [6.45, 7) is 0. The molecule has 0 saturated heterocycles. The van der Waals surface area contributed by atoms with Crippen LogP contribution in [0.3, 0.4) is 0 Å². The van der Waals surface area contributed by atoms with E-state index >= 15 is 0 Å². The minimum Gasteiger partial charge on any atom is -0.466 e. The number of aliphatic hydroxyl groups is 1. The zero-order valence-electron chi connectivity index (χ0n) is 9.46. The molecule has 0 aliphatic heterocycles. The molecule has 1 aromatic heterocycles. The smallest absolute Gasteiger partial charge is 0.337 e. The Balaban J connectivity index is 2.22. The molecule has 3 N–H and O–H groups in total. The summed E-state index contributed by atoms with van der Waals surface area (Å²) in [5, 5.41) is 14.2. The average molecular weight is 226 g/mol. The third-order valence-corrected chi connectivity index (χ3v) is 3.08. The Labute approximate surface area is 94.4 Å². The number of nitrogen functional groups attached to an aromatic ring is 1. The molecule has 2 atom stereocenters. The molecule has 1 aliphatic rings. The highest BCUT2D eigenvalue weighted by atomic mass is 16.5. The average Bonchev–Trinajstić information content (AvgIpc) is 2.51. The molecule has 0 bridgehead atoms. The van der Waals surface area contributed by atoms with Gasteiger partial charge in [0, 0.05) is 0 Å². The van der Waals surface area contributed by atoms with Crippen molar-refractivity contribution < 1.29 is 9.84 Å². The first-order valence-corrected chi connectivity index (χ1v) is 5.66. The van der Waals surface area contributed by atoms with Crippen LogP contribution in [-0.2, 0) is 0 Å². The van der Waals surface area contributed by atoms with Crippen molar-refractivity contribution in [2.45, 2.75) is 44.2 Å². The van der Waals surface area contributed by atoms with E-state index in [2.05, 4.69) is 10.1 Å². The van der Waals surface area contributed by atoms with Gasteiger partial charge in [0.25, 0.3) is 0 Å². The second kappa shape index (κ2) is 4.69. The first-order valence-electron chi connectivity index (χ1n) is 5.66. The zero-order valence-corrected chi connectivity index (χ0v) is 9.46. The Morgan fingerprint density at radius 2 is 2.12 bits per heavy atom. The molecular weight excluding hydrogens is 208 g/mol. The maximum atomic E-state index is 10.0. The molecule has 1 heterocycles. The van der Waals surface area contributed by atoms with Crippen LogP contribution >= 0.6 is 0 Å². The zero-order chi connectivity index (χ0) is 11.5. The van der Waals surface area contributed by atoms with Crippen LogP contribution in [0.1, 0.15) is 38.1 Å². The minimum atomic E-state index is -0.392. The lowest BCUT2D eigenvalue weighted by atomic mass is 10.1. The van der Waals surface area contributed by atoms with Gasteiger partial charge in [-0.15, -0.1) is 5.10 Å². The van der Waals surface area contributed by atoms with Gasteiger partial charge in [-0.3, -0.25) is 0 Å². The van der Waals surface area contributed by atoms with E-state index < -0.39 is 6.10 Å². The number of nitrogens with two attached hydrogens (primary N) is 1. The van der Waals surface area contributed by atoms with Gasteiger partial charge in [-0.1, -0.05) is 19.3 Å². The summed E-state index contributed by atoms with van der Waals surface area (Å²) in [6.07, 6.45) is 4.59. The topological polar surface area (TPSA) is 86.2 Å². The predicted molar refractivity (Wildman–Crippen MR) is 59.1 cm³/mol. The first kappa shape index (κ1) is 11.2. The summed E-state index contributed by atoms with van der Waals surface area (Å²) >= 11 is 0. The van der Waals surface area contributed by atoms with Crippen molar-refractivity contribution in [2.24, 2.45) is 0 Å². The second-order valence-electron chi connectivity index (χ2n) is 4.17. The molecule has 0 radical (unpaired) electrons. The van der Waals surface area contributed by atoms with Crippen molar-refractivity contribution in [3.63, 3.8) is 0 Å². The van der Waals surface area contributed by atoms with Crippen molar-refractivity contribution in [1.29, 1.82) is 0 Å². The second-order valence-corrected chi connectivity index (χ2v) is 4.17. The summed E-state index contributed by atoms with van der Waals surface area (Å²) in [4.78, 5) is 3.97. The van der Waals surface area contributed by atoms with Crippen LogP contribution in [0.5, 0.6) is 6.01 Å². The van der Waals surface area contributed by atoms with Gasteiger partial charge in [0.1, 0.15) is 0 Å². The number of aliphatic hydroxyl groups excluding tert-OH is 1. The largest absolute Gasteiger partial charge is 0.466 e. The van der Waals surface area contributed by atoms with Gasteiger partial charge in [-0.25, -0.2) is 4.68 Å². The Morgan fingerprint density at radius 3 is 2.81 bits per heavy atom. The standard InChI is InChI=1S/C10H18N4O2/c1-16-10-12-9(11)14(13-10)7-5-3-2-4-6-8(7)15/h7-8,15H,2-6H2,1H3,(H2,11,12,13). The van der Waals surface area contributed by atoms with Gasteiger partial charge in [-0.05, 0) is 12.8 Å². The molecule has 1 aromatic rings. The number of methoxy groups -OCH3 is 1. The Kier molecular flexibility index (Phi) is 3.28. The van der Waals surface area contributed by atoms with E-state index in [0.717, 1.165) is 32.1 Å². The lowest BCUT2D eigenvalue weighted by molar-refractivity contribution is 0.0995. The summed E-state index contributed by atoms with van der Waals surface area (Å²) in [7, 11) is 1.50. The van der Waals surface area contributed by atoms with E-state index in [9.17, 15) is 5.11 Å². The lowest BCUT2D eigenvalue weighted by Crippen LogP contribution is -2.25. The van der Waals surface area contributed by atoms with Crippen LogP contribution in [0.2, 0.25) is 0 Å². The molecule has 6 nitrogen and oxygen atoms in total. The summed E-state index contributed by atoms with van der Waals surface area (Å²) in [5.74, 6) is 0.308. The van der Waals surface area contributed by atoms with Gasteiger partial charge >= 0.3 is 6.01 Å². The number of hydrogen-bond acceptors (Lipinski definition) is 5. The first-order chi connectivity index (χ1) is 7.72. The molecular formula is C10H18N4O2. The lowest BCUT2D eigenvalue weighted by Gasteiger charge is -2.20. The van der Waals surface area contributed by atoms with Crippen LogP contribution < -0.4 is 10.5 Å². The minimum absolute atomic E-state index is 0.0705. The van der Waals surface area contributed by atoms with Crippen LogP contribution in [0.25, 0.3) is 0 Å². The van der Waals surface area contributed by atoms with Crippen LogP contribution in [0.15, 0.2) is 0 Å². The maximum absolute atomic E-state index is 10.0. The fraction of sp³-hybridized carbons (Fsp3) is 0.800. The molecule has 1 saturated carbocycles. The number of ether oxygens (including phenoxy) is 1. The van der Waals surface area contributed by atoms with Crippen LogP contribution in [0, 0.1) is 0 Å². The van der Waals surface area contributed by atoms with E-state index in [-0.39, 0.29) is 12.1 Å². The van der Waals surface area contributed by atoms with E-state index in [4.69, 9.17) is 10.5 Å². The van der Waals surface area contributed by atoms with E-state index in [1.54, 1.807) is 4.68 Å². The molecule has 1 aliphatic carbocycles. The number of aromatic nitrogens is 3. The van der Waals surface area contributed by atoms with Crippen molar-refractivity contribution >= 4 is 5.95 Å². The Morgan fingerprint density at radius 1 is 1.38 bits per heavy atom. The predicted octanol–water partition coefficient (Wildman–Crippen LogP) is 0.735. The summed E-state index contributed by atoms with van der Waals surface area (Å²) in [6, 6.07) is 0.188. The van der Waals surface area contributed by atoms with Crippen molar-refractivity contribution in [3.05, 3.63) is 0 Å². The monoisotopic (exact) mass is 226 g/mol. The molecule has 0 amide bonds. The summed E-state index contributed by atoms with van der Waals surface area (Å²) < 4.78 is 6.52. The van der Waals surface area contributed by atoms with Crippen molar-refractivity contribution in [1.82, 2.24) is 14.8 Å². The molecule has 0 spiro atoms. The third-order valence-electron chi connectivity index (χ3n) is 3.08.